The van der Waals surface area contributed by atoms with Gasteiger partial charge in [-0.3, -0.25) is 5.01 Å². The van der Waals surface area contributed by atoms with Crippen molar-refractivity contribution >= 4 is 5.69 Å². The molecule has 20 heavy (non-hydrogen) atoms. The summed E-state index contributed by atoms with van der Waals surface area (Å²) in [5.41, 5.74) is 8.64. The zero-order valence-electron chi connectivity index (χ0n) is 12.4. The Kier molecular flexibility index (Phi) is 5.44. The van der Waals surface area contributed by atoms with Crippen molar-refractivity contribution in [3.63, 3.8) is 0 Å². The molecule has 1 fully saturated rings. The van der Waals surface area contributed by atoms with Gasteiger partial charge in [-0.1, -0.05) is 18.6 Å². The molecular weight excluding hydrogens is 248 g/mol. The van der Waals surface area contributed by atoms with Crippen molar-refractivity contribution in [3.05, 3.63) is 41.7 Å². The lowest BCUT2D eigenvalue weighted by atomic mass is 10.1. The maximum absolute atomic E-state index is 5.91. The van der Waals surface area contributed by atoms with Crippen molar-refractivity contribution in [1.82, 2.24) is 4.90 Å². The molecule has 4 N–H and O–H groups in total. The monoisotopic (exact) mass is 274 g/mol. The van der Waals surface area contributed by atoms with Crippen molar-refractivity contribution in [1.29, 1.82) is 0 Å². The highest BCUT2D eigenvalue weighted by atomic mass is 15.4. The van der Waals surface area contributed by atoms with Gasteiger partial charge in [0.15, 0.2) is 0 Å². The van der Waals surface area contributed by atoms with Crippen LogP contribution in [0.25, 0.3) is 0 Å². The Balaban J connectivity index is 1.86. The number of benzene rings is 1. The molecule has 1 heterocycles. The largest absolute Gasteiger partial charge is 0.401 e. The SMILES string of the molecule is C/C(N)=C/N(N)c1ccc(CCN2CCCCC2)cc1. The first-order valence-corrected chi connectivity index (χ1v) is 7.44. The minimum atomic E-state index is 0.696. The summed E-state index contributed by atoms with van der Waals surface area (Å²) in [6.07, 6.45) is 6.93. The van der Waals surface area contributed by atoms with Gasteiger partial charge in [-0.25, -0.2) is 5.84 Å². The average Bonchev–Trinajstić information content (AvgIpc) is 2.46. The van der Waals surface area contributed by atoms with Crippen molar-refractivity contribution < 1.29 is 0 Å². The van der Waals surface area contributed by atoms with E-state index in [1.54, 1.807) is 11.2 Å². The van der Waals surface area contributed by atoms with E-state index in [0.29, 0.717) is 5.70 Å². The molecule has 2 rings (SSSR count). The van der Waals surface area contributed by atoms with E-state index in [-0.39, 0.29) is 0 Å². The Morgan fingerprint density at radius 1 is 1.20 bits per heavy atom. The van der Waals surface area contributed by atoms with Gasteiger partial charge in [0.05, 0.1) is 5.69 Å². The summed E-state index contributed by atoms with van der Waals surface area (Å²) in [7, 11) is 0. The number of nitrogens with zero attached hydrogens (tertiary/aromatic N) is 2. The number of hydrogen-bond acceptors (Lipinski definition) is 4. The predicted molar refractivity (Wildman–Crippen MR) is 85.0 cm³/mol. The van der Waals surface area contributed by atoms with Gasteiger partial charge < -0.3 is 10.6 Å². The number of likely N-dealkylation sites (tertiary alicyclic amines) is 1. The van der Waals surface area contributed by atoms with E-state index >= 15 is 0 Å². The third kappa shape index (κ3) is 4.54. The summed E-state index contributed by atoms with van der Waals surface area (Å²) in [5, 5.41) is 1.56. The van der Waals surface area contributed by atoms with Crippen LogP contribution in [0.4, 0.5) is 5.69 Å². The van der Waals surface area contributed by atoms with Gasteiger partial charge in [0, 0.05) is 18.4 Å². The average molecular weight is 274 g/mol. The third-order valence-corrected chi connectivity index (χ3v) is 3.74. The second-order valence-corrected chi connectivity index (χ2v) is 5.60. The molecule has 110 valence electrons. The van der Waals surface area contributed by atoms with Crippen LogP contribution in [-0.2, 0) is 6.42 Å². The molecule has 0 atom stereocenters. The minimum absolute atomic E-state index is 0.696. The molecule has 1 aliphatic rings. The van der Waals surface area contributed by atoms with Crippen LogP contribution in [0.15, 0.2) is 36.2 Å². The first-order chi connectivity index (χ1) is 9.65. The number of nitrogens with two attached hydrogens (primary N) is 2. The lowest BCUT2D eigenvalue weighted by Gasteiger charge is -2.26. The van der Waals surface area contributed by atoms with Crippen molar-refractivity contribution in [2.45, 2.75) is 32.6 Å². The first kappa shape index (κ1) is 14.9. The molecule has 0 aromatic heterocycles. The highest BCUT2D eigenvalue weighted by Gasteiger charge is 2.09. The van der Waals surface area contributed by atoms with Crippen LogP contribution >= 0.6 is 0 Å². The Hall–Kier alpha value is -1.52. The zero-order valence-corrected chi connectivity index (χ0v) is 12.4. The number of piperidine rings is 1. The van der Waals surface area contributed by atoms with E-state index in [2.05, 4.69) is 17.0 Å². The fourth-order valence-corrected chi connectivity index (χ4v) is 2.60. The zero-order chi connectivity index (χ0) is 14.4. The molecule has 0 radical (unpaired) electrons. The van der Waals surface area contributed by atoms with Crippen LogP contribution < -0.4 is 16.6 Å². The molecule has 1 aromatic carbocycles. The van der Waals surface area contributed by atoms with E-state index < -0.39 is 0 Å². The van der Waals surface area contributed by atoms with Crippen LogP contribution in [0.1, 0.15) is 31.7 Å². The second kappa shape index (κ2) is 7.31. The molecule has 0 saturated carbocycles. The second-order valence-electron chi connectivity index (χ2n) is 5.60. The van der Waals surface area contributed by atoms with Gasteiger partial charge in [-0.2, -0.15) is 0 Å². The molecule has 0 unspecified atom stereocenters. The summed E-state index contributed by atoms with van der Waals surface area (Å²) in [6.45, 7) is 5.50. The summed E-state index contributed by atoms with van der Waals surface area (Å²) in [6, 6.07) is 8.40. The van der Waals surface area contributed by atoms with Crippen molar-refractivity contribution in [2.75, 3.05) is 24.6 Å². The summed E-state index contributed by atoms with van der Waals surface area (Å²) in [4.78, 5) is 2.56. The summed E-state index contributed by atoms with van der Waals surface area (Å²) in [5.74, 6) is 5.91. The first-order valence-electron chi connectivity index (χ1n) is 7.44. The predicted octanol–water partition coefficient (Wildman–Crippen LogP) is 2.22. The van der Waals surface area contributed by atoms with Crippen LogP contribution in [0.5, 0.6) is 0 Å². The highest BCUT2D eigenvalue weighted by molar-refractivity contribution is 5.48. The molecule has 1 aliphatic heterocycles. The van der Waals surface area contributed by atoms with E-state index in [1.165, 1.54) is 37.9 Å². The van der Waals surface area contributed by atoms with E-state index in [1.807, 2.05) is 19.1 Å². The molecule has 4 heteroatoms. The van der Waals surface area contributed by atoms with Gasteiger partial charge in [-0.05, 0) is 57.0 Å². The molecule has 1 aromatic rings. The number of hydrazine groups is 1. The van der Waals surface area contributed by atoms with Crippen LogP contribution in [0, 0.1) is 0 Å². The molecule has 0 bridgehead atoms. The van der Waals surface area contributed by atoms with Gasteiger partial charge in [-0.15, -0.1) is 0 Å². The smallest absolute Gasteiger partial charge is 0.0569 e. The fourth-order valence-electron chi connectivity index (χ4n) is 2.60. The van der Waals surface area contributed by atoms with Gasteiger partial charge in [0.1, 0.15) is 0 Å². The molecular formula is C16H26N4. The van der Waals surface area contributed by atoms with E-state index in [9.17, 15) is 0 Å². The molecule has 1 saturated heterocycles. The number of rotatable bonds is 5. The molecule has 0 amide bonds. The maximum atomic E-state index is 5.91. The quantitative estimate of drug-likeness (QED) is 0.638. The van der Waals surface area contributed by atoms with Gasteiger partial charge in [0.25, 0.3) is 0 Å². The number of hydrogen-bond donors (Lipinski definition) is 2. The molecule has 4 nitrogen and oxygen atoms in total. The minimum Gasteiger partial charge on any atom is -0.401 e. The van der Waals surface area contributed by atoms with Crippen LogP contribution in [0.3, 0.4) is 0 Å². The summed E-state index contributed by atoms with van der Waals surface area (Å²) >= 11 is 0. The fraction of sp³-hybridized carbons (Fsp3) is 0.500. The Labute approximate surface area is 122 Å². The highest BCUT2D eigenvalue weighted by Crippen LogP contribution is 2.15. The van der Waals surface area contributed by atoms with E-state index in [4.69, 9.17) is 11.6 Å². The van der Waals surface area contributed by atoms with Gasteiger partial charge in [0.2, 0.25) is 0 Å². The Morgan fingerprint density at radius 2 is 1.85 bits per heavy atom. The summed E-state index contributed by atoms with van der Waals surface area (Å²) < 4.78 is 0. The lowest BCUT2D eigenvalue weighted by molar-refractivity contribution is 0.231. The van der Waals surface area contributed by atoms with Crippen molar-refractivity contribution in [2.24, 2.45) is 11.6 Å². The number of allylic oxidation sites excluding steroid dienone is 1. The van der Waals surface area contributed by atoms with Crippen LogP contribution in [-0.4, -0.2) is 24.5 Å². The standard InChI is InChI=1S/C16H26N4/c1-14(17)13-20(18)16-7-5-15(6-8-16)9-12-19-10-3-2-4-11-19/h5-8,13H,2-4,9-12,17-18H2,1H3/b14-13-. The van der Waals surface area contributed by atoms with Gasteiger partial charge >= 0.3 is 0 Å². The third-order valence-electron chi connectivity index (χ3n) is 3.74. The Bertz CT molecular complexity index is 428. The van der Waals surface area contributed by atoms with E-state index in [0.717, 1.165) is 18.7 Å². The molecule has 0 spiro atoms. The topological polar surface area (TPSA) is 58.5 Å². The van der Waals surface area contributed by atoms with Crippen molar-refractivity contribution in [3.8, 4) is 0 Å². The molecule has 0 aliphatic carbocycles. The Morgan fingerprint density at radius 3 is 2.45 bits per heavy atom. The normalized spacial score (nSPS) is 17.2. The maximum Gasteiger partial charge on any atom is 0.0569 e. The lowest BCUT2D eigenvalue weighted by Crippen LogP contribution is -2.31. The number of anilines is 1. The van der Waals surface area contributed by atoms with Crippen LogP contribution in [0.2, 0.25) is 0 Å².